The van der Waals surface area contributed by atoms with Gasteiger partial charge in [-0.3, -0.25) is 4.79 Å². The quantitative estimate of drug-likeness (QED) is 0.812. The Morgan fingerprint density at radius 2 is 2.14 bits per heavy atom. The lowest BCUT2D eigenvalue weighted by Crippen LogP contribution is -2.27. The molecule has 0 fully saturated rings. The standard InChI is InChI=1S/C15H20N4O2/c1-3-18(2)12-10-15(20)19(17-11-12)8-9-21-14-7-5-4-6-13(14)16/h4-7,10-11H,3,8-9,16H2,1-2H3. The third-order valence-corrected chi connectivity index (χ3v) is 3.25. The van der Waals surface area contributed by atoms with Crippen LogP contribution in [0.4, 0.5) is 11.4 Å². The Bertz CT molecular complexity index is 654. The minimum atomic E-state index is -0.141. The van der Waals surface area contributed by atoms with Gasteiger partial charge in [0.2, 0.25) is 0 Å². The van der Waals surface area contributed by atoms with Crippen molar-refractivity contribution in [3.05, 3.63) is 46.9 Å². The third kappa shape index (κ3) is 3.75. The Morgan fingerprint density at radius 3 is 2.81 bits per heavy atom. The molecule has 0 unspecified atom stereocenters. The van der Waals surface area contributed by atoms with Crippen LogP contribution in [-0.4, -0.2) is 30.0 Å². The molecule has 112 valence electrons. The molecule has 2 aromatic rings. The van der Waals surface area contributed by atoms with Crippen molar-refractivity contribution in [1.82, 2.24) is 9.78 Å². The zero-order chi connectivity index (χ0) is 15.2. The van der Waals surface area contributed by atoms with Gasteiger partial charge in [-0.15, -0.1) is 0 Å². The number of benzene rings is 1. The van der Waals surface area contributed by atoms with Crippen LogP contribution in [0.1, 0.15) is 6.92 Å². The van der Waals surface area contributed by atoms with E-state index in [4.69, 9.17) is 10.5 Å². The highest BCUT2D eigenvalue weighted by Gasteiger charge is 2.04. The van der Waals surface area contributed by atoms with Gasteiger partial charge in [0.25, 0.3) is 5.56 Å². The second-order valence-electron chi connectivity index (χ2n) is 4.68. The van der Waals surface area contributed by atoms with Gasteiger partial charge in [-0.1, -0.05) is 12.1 Å². The smallest absolute Gasteiger partial charge is 0.268 e. The van der Waals surface area contributed by atoms with Crippen molar-refractivity contribution in [3.63, 3.8) is 0 Å². The van der Waals surface area contributed by atoms with Gasteiger partial charge >= 0.3 is 0 Å². The number of nitrogens with zero attached hydrogens (tertiary/aromatic N) is 3. The molecule has 0 aliphatic heterocycles. The molecule has 0 spiro atoms. The predicted molar refractivity (Wildman–Crippen MR) is 83.8 cm³/mol. The van der Waals surface area contributed by atoms with Crippen LogP contribution in [0.3, 0.4) is 0 Å². The fourth-order valence-corrected chi connectivity index (χ4v) is 1.84. The lowest BCUT2D eigenvalue weighted by atomic mass is 10.3. The summed E-state index contributed by atoms with van der Waals surface area (Å²) in [5.74, 6) is 0.618. The maximum Gasteiger partial charge on any atom is 0.268 e. The fraction of sp³-hybridized carbons (Fsp3) is 0.333. The molecule has 0 saturated heterocycles. The van der Waals surface area contributed by atoms with E-state index in [0.29, 0.717) is 24.6 Å². The van der Waals surface area contributed by atoms with Crippen molar-refractivity contribution in [1.29, 1.82) is 0 Å². The van der Waals surface area contributed by atoms with Crippen LogP contribution in [0.5, 0.6) is 5.75 Å². The SMILES string of the molecule is CCN(C)c1cnn(CCOc2ccccc2N)c(=O)c1. The van der Waals surface area contributed by atoms with Gasteiger partial charge in [0, 0.05) is 19.7 Å². The van der Waals surface area contributed by atoms with Crippen molar-refractivity contribution >= 4 is 11.4 Å². The van der Waals surface area contributed by atoms with Crippen LogP contribution in [-0.2, 0) is 6.54 Å². The number of aromatic nitrogens is 2. The molecular weight excluding hydrogens is 268 g/mol. The van der Waals surface area contributed by atoms with Crippen molar-refractivity contribution < 1.29 is 4.74 Å². The number of nitrogens with two attached hydrogens (primary N) is 1. The number of anilines is 2. The molecule has 6 heteroatoms. The van der Waals surface area contributed by atoms with E-state index < -0.39 is 0 Å². The maximum absolute atomic E-state index is 12.0. The lowest BCUT2D eigenvalue weighted by Gasteiger charge is -2.16. The summed E-state index contributed by atoms with van der Waals surface area (Å²) in [4.78, 5) is 13.9. The van der Waals surface area contributed by atoms with E-state index in [0.717, 1.165) is 12.2 Å². The molecular formula is C15H20N4O2. The minimum absolute atomic E-state index is 0.141. The van der Waals surface area contributed by atoms with Crippen molar-refractivity contribution in [2.45, 2.75) is 13.5 Å². The maximum atomic E-state index is 12.0. The molecule has 0 aliphatic carbocycles. The highest BCUT2D eigenvalue weighted by Crippen LogP contribution is 2.19. The third-order valence-electron chi connectivity index (χ3n) is 3.25. The molecule has 1 aromatic heterocycles. The Balaban J connectivity index is 1.98. The first-order valence-electron chi connectivity index (χ1n) is 6.87. The van der Waals surface area contributed by atoms with Gasteiger partial charge in [-0.2, -0.15) is 5.10 Å². The molecule has 0 atom stereocenters. The van der Waals surface area contributed by atoms with Gasteiger partial charge in [-0.25, -0.2) is 4.68 Å². The first kappa shape index (κ1) is 14.9. The molecule has 6 nitrogen and oxygen atoms in total. The second-order valence-corrected chi connectivity index (χ2v) is 4.68. The van der Waals surface area contributed by atoms with Crippen LogP contribution < -0.4 is 20.9 Å². The summed E-state index contributed by atoms with van der Waals surface area (Å²) in [6.45, 7) is 3.55. The molecule has 21 heavy (non-hydrogen) atoms. The van der Waals surface area contributed by atoms with E-state index in [1.165, 1.54) is 4.68 Å². The second kappa shape index (κ2) is 6.78. The van der Waals surface area contributed by atoms with Crippen LogP contribution in [0.15, 0.2) is 41.3 Å². The highest BCUT2D eigenvalue weighted by atomic mass is 16.5. The van der Waals surface area contributed by atoms with E-state index in [9.17, 15) is 4.79 Å². The molecule has 2 rings (SSSR count). The number of hydrogen-bond donors (Lipinski definition) is 1. The summed E-state index contributed by atoms with van der Waals surface area (Å²) in [5.41, 5.74) is 7.04. The first-order chi connectivity index (χ1) is 10.1. The average molecular weight is 288 g/mol. The summed E-state index contributed by atoms with van der Waals surface area (Å²) in [6, 6.07) is 8.84. The summed E-state index contributed by atoms with van der Waals surface area (Å²) >= 11 is 0. The number of nitrogen functional groups attached to an aromatic ring is 1. The molecule has 1 aromatic carbocycles. The Morgan fingerprint density at radius 1 is 1.38 bits per heavy atom. The van der Waals surface area contributed by atoms with E-state index in [1.807, 2.05) is 31.0 Å². The van der Waals surface area contributed by atoms with Crippen LogP contribution >= 0.6 is 0 Å². The summed E-state index contributed by atoms with van der Waals surface area (Å²) in [6.07, 6.45) is 1.68. The molecule has 0 radical (unpaired) electrons. The topological polar surface area (TPSA) is 73.4 Å². The zero-order valence-electron chi connectivity index (χ0n) is 12.3. The Hall–Kier alpha value is -2.50. The molecule has 0 amide bonds. The van der Waals surface area contributed by atoms with E-state index in [1.54, 1.807) is 24.4 Å². The largest absolute Gasteiger partial charge is 0.489 e. The van der Waals surface area contributed by atoms with Crippen LogP contribution in [0, 0.1) is 0 Å². The Labute approximate surface area is 123 Å². The van der Waals surface area contributed by atoms with E-state index in [-0.39, 0.29) is 5.56 Å². The monoisotopic (exact) mass is 288 g/mol. The fourth-order valence-electron chi connectivity index (χ4n) is 1.84. The predicted octanol–water partition coefficient (Wildman–Crippen LogP) is 1.36. The summed E-state index contributed by atoms with van der Waals surface area (Å²) in [7, 11) is 1.92. The van der Waals surface area contributed by atoms with Gasteiger partial charge in [0.1, 0.15) is 12.4 Å². The van der Waals surface area contributed by atoms with Crippen LogP contribution in [0.25, 0.3) is 0 Å². The van der Waals surface area contributed by atoms with Gasteiger partial charge in [0.15, 0.2) is 0 Å². The van der Waals surface area contributed by atoms with Crippen molar-refractivity contribution in [2.24, 2.45) is 0 Å². The lowest BCUT2D eigenvalue weighted by molar-refractivity contribution is 0.289. The molecule has 0 bridgehead atoms. The summed E-state index contributed by atoms with van der Waals surface area (Å²) in [5, 5.41) is 4.15. The minimum Gasteiger partial charge on any atom is -0.489 e. The Kier molecular flexibility index (Phi) is 4.81. The number of ether oxygens (including phenoxy) is 1. The van der Waals surface area contributed by atoms with E-state index >= 15 is 0 Å². The van der Waals surface area contributed by atoms with Crippen molar-refractivity contribution in [3.8, 4) is 5.75 Å². The normalized spacial score (nSPS) is 10.4. The van der Waals surface area contributed by atoms with Crippen LogP contribution in [0.2, 0.25) is 0 Å². The van der Waals surface area contributed by atoms with Gasteiger partial charge < -0.3 is 15.4 Å². The zero-order valence-corrected chi connectivity index (χ0v) is 12.3. The number of rotatable bonds is 6. The molecule has 0 saturated carbocycles. The molecule has 1 heterocycles. The summed E-state index contributed by atoms with van der Waals surface area (Å²) < 4.78 is 6.94. The van der Waals surface area contributed by atoms with Gasteiger partial charge in [0.05, 0.1) is 24.1 Å². The molecule has 2 N–H and O–H groups in total. The number of hydrogen-bond acceptors (Lipinski definition) is 5. The molecule has 0 aliphatic rings. The van der Waals surface area contributed by atoms with Crippen molar-refractivity contribution in [2.75, 3.05) is 30.8 Å². The highest BCUT2D eigenvalue weighted by molar-refractivity contribution is 5.51. The average Bonchev–Trinajstić information content (AvgIpc) is 2.50. The number of para-hydroxylation sites is 2. The van der Waals surface area contributed by atoms with Gasteiger partial charge in [-0.05, 0) is 19.1 Å². The van der Waals surface area contributed by atoms with E-state index in [2.05, 4.69) is 5.10 Å². The first-order valence-corrected chi connectivity index (χ1v) is 6.87.